The third-order valence-corrected chi connectivity index (χ3v) is 5.47. The molecule has 0 aromatic heterocycles. The molecule has 0 amide bonds. The highest BCUT2D eigenvalue weighted by Crippen LogP contribution is 2.42. The maximum atomic E-state index is 12.8. The lowest BCUT2D eigenvalue weighted by Gasteiger charge is -2.31. The first-order chi connectivity index (χ1) is 14.1. The minimum absolute atomic E-state index is 0.0000791. The summed E-state index contributed by atoms with van der Waals surface area (Å²) < 4.78 is 21.9. The summed E-state index contributed by atoms with van der Waals surface area (Å²) >= 11 is 0. The van der Waals surface area contributed by atoms with Crippen LogP contribution in [0.3, 0.4) is 0 Å². The van der Waals surface area contributed by atoms with E-state index in [0.29, 0.717) is 11.3 Å². The van der Waals surface area contributed by atoms with E-state index in [0.717, 1.165) is 0 Å². The van der Waals surface area contributed by atoms with E-state index in [2.05, 4.69) is 6.58 Å². The molecule has 1 fully saturated rings. The zero-order chi connectivity index (χ0) is 22.2. The van der Waals surface area contributed by atoms with Crippen molar-refractivity contribution in [3.05, 3.63) is 47.3 Å². The van der Waals surface area contributed by atoms with Gasteiger partial charge in [-0.3, -0.25) is 9.59 Å². The molecule has 0 aromatic rings. The molecule has 0 saturated carbocycles. The van der Waals surface area contributed by atoms with Crippen molar-refractivity contribution in [3.63, 3.8) is 0 Å². The van der Waals surface area contributed by atoms with Crippen molar-refractivity contribution in [2.24, 2.45) is 5.92 Å². The highest BCUT2D eigenvalue weighted by Gasteiger charge is 2.51. The Morgan fingerprint density at radius 1 is 1.37 bits per heavy atom. The van der Waals surface area contributed by atoms with Crippen LogP contribution in [0.15, 0.2) is 47.3 Å². The van der Waals surface area contributed by atoms with E-state index >= 15 is 0 Å². The van der Waals surface area contributed by atoms with Gasteiger partial charge in [-0.2, -0.15) is 0 Å². The first-order valence-electron chi connectivity index (χ1n) is 9.59. The summed E-state index contributed by atoms with van der Waals surface area (Å²) in [5.74, 6) is -2.39. The molecule has 3 rings (SSSR count). The van der Waals surface area contributed by atoms with E-state index in [4.69, 9.17) is 18.9 Å². The van der Waals surface area contributed by atoms with Crippen LogP contribution in [-0.4, -0.2) is 48.1 Å². The van der Waals surface area contributed by atoms with Crippen LogP contribution in [0, 0.1) is 5.92 Å². The molecule has 30 heavy (non-hydrogen) atoms. The second-order valence-electron chi connectivity index (χ2n) is 7.72. The minimum Gasteiger partial charge on any atom is -0.479 e. The number of allylic oxidation sites excluding steroid dienone is 2. The van der Waals surface area contributed by atoms with Gasteiger partial charge in [0.2, 0.25) is 5.78 Å². The molecule has 3 aliphatic rings. The van der Waals surface area contributed by atoms with Crippen LogP contribution in [0.1, 0.15) is 34.1 Å². The summed E-state index contributed by atoms with van der Waals surface area (Å²) in [7, 11) is 0. The standard InChI is InChI=1S/C22H24O8/c1-6-14(10-27-13(4)23)21(26)29-17-9-22(5)18(24)8-15(30-22)11(2)7-16-19(17)12(3)20(25)28-16/h6-8,16-17,19H,3,9-10H2,1-2,4-5H3/t16-,17+,19?,22?/m0/s1. The summed E-state index contributed by atoms with van der Waals surface area (Å²) in [5.41, 5.74) is -0.332. The number of esters is 3. The van der Waals surface area contributed by atoms with E-state index in [9.17, 15) is 19.2 Å². The normalized spacial score (nSPS) is 30.7. The SMILES string of the molecule is C=C1C(=O)O[C@H]2C=C(C)C3=CC(=O)C(C)(C[C@@H](OC(=O)C(=CC)COC(C)=O)C12)O3. The number of hydrogen-bond acceptors (Lipinski definition) is 8. The van der Waals surface area contributed by atoms with Gasteiger partial charge in [0.1, 0.15) is 24.6 Å². The number of carbonyl (C=O) groups excluding carboxylic acids is 4. The lowest BCUT2D eigenvalue weighted by atomic mass is 9.82. The summed E-state index contributed by atoms with van der Waals surface area (Å²) in [4.78, 5) is 48.7. The molecule has 3 aliphatic heterocycles. The number of carbonyl (C=O) groups is 4. The Morgan fingerprint density at radius 2 is 2.07 bits per heavy atom. The van der Waals surface area contributed by atoms with Gasteiger partial charge in [0, 0.05) is 25.0 Å². The Morgan fingerprint density at radius 3 is 2.70 bits per heavy atom. The van der Waals surface area contributed by atoms with Crippen LogP contribution >= 0.6 is 0 Å². The quantitative estimate of drug-likeness (QED) is 0.390. The molecule has 0 radical (unpaired) electrons. The molecule has 8 nitrogen and oxygen atoms in total. The van der Waals surface area contributed by atoms with Gasteiger partial charge in [0.05, 0.1) is 11.5 Å². The van der Waals surface area contributed by atoms with Crippen LogP contribution in [0.2, 0.25) is 0 Å². The van der Waals surface area contributed by atoms with Gasteiger partial charge >= 0.3 is 17.9 Å². The fraction of sp³-hybridized carbons (Fsp3) is 0.455. The largest absolute Gasteiger partial charge is 0.479 e. The number of rotatable bonds is 4. The monoisotopic (exact) mass is 416 g/mol. The van der Waals surface area contributed by atoms with Crippen molar-refractivity contribution < 1.29 is 38.1 Å². The predicted octanol–water partition coefficient (Wildman–Crippen LogP) is 2.10. The molecule has 2 unspecified atom stereocenters. The van der Waals surface area contributed by atoms with Gasteiger partial charge in [0.25, 0.3) is 0 Å². The van der Waals surface area contributed by atoms with Crippen LogP contribution in [0.4, 0.5) is 0 Å². The van der Waals surface area contributed by atoms with Crippen LogP contribution in [0.5, 0.6) is 0 Å². The maximum Gasteiger partial charge on any atom is 0.337 e. The highest BCUT2D eigenvalue weighted by molar-refractivity contribution is 6.00. The number of fused-ring (bicyclic) bond motifs is 3. The molecule has 1 saturated heterocycles. The molecule has 8 heteroatoms. The van der Waals surface area contributed by atoms with E-state index < -0.39 is 41.6 Å². The molecule has 0 spiro atoms. The number of ether oxygens (including phenoxy) is 4. The van der Waals surface area contributed by atoms with E-state index in [-0.39, 0.29) is 30.0 Å². The molecule has 0 N–H and O–H groups in total. The average molecular weight is 416 g/mol. The smallest absolute Gasteiger partial charge is 0.337 e. The third kappa shape index (κ3) is 3.94. The van der Waals surface area contributed by atoms with E-state index in [1.54, 1.807) is 26.8 Å². The molecule has 4 atom stereocenters. The molecular formula is C22H24O8. The first-order valence-corrected chi connectivity index (χ1v) is 9.59. The fourth-order valence-electron chi connectivity index (χ4n) is 3.72. The molecule has 2 bridgehead atoms. The summed E-state index contributed by atoms with van der Waals surface area (Å²) in [6, 6.07) is 0. The molecule has 0 aromatic carbocycles. The van der Waals surface area contributed by atoms with Gasteiger partial charge in [-0.1, -0.05) is 12.7 Å². The third-order valence-electron chi connectivity index (χ3n) is 5.47. The van der Waals surface area contributed by atoms with Crippen molar-refractivity contribution in [2.75, 3.05) is 6.61 Å². The topological polar surface area (TPSA) is 105 Å². The van der Waals surface area contributed by atoms with Crippen molar-refractivity contribution in [3.8, 4) is 0 Å². The molecule has 0 aliphatic carbocycles. The first kappa shape index (κ1) is 21.5. The Labute approximate surface area is 174 Å². The van der Waals surface area contributed by atoms with E-state index in [1.807, 2.05) is 0 Å². The number of ketones is 1. The Hall–Kier alpha value is -3.16. The Balaban J connectivity index is 1.95. The summed E-state index contributed by atoms with van der Waals surface area (Å²) in [6.45, 7) is 9.77. The van der Waals surface area contributed by atoms with Crippen molar-refractivity contribution in [1.29, 1.82) is 0 Å². The molecule has 3 heterocycles. The van der Waals surface area contributed by atoms with Gasteiger partial charge in [-0.25, -0.2) is 9.59 Å². The second kappa shape index (κ2) is 7.93. The Bertz CT molecular complexity index is 921. The van der Waals surface area contributed by atoms with Gasteiger partial charge in [-0.15, -0.1) is 0 Å². The zero-order valence-electron chi connectivity index (χ0n) is 17.4. The second-order valence-corrected chi connectivity index (χ2v) is 7.72. The van der Waals surface area contributed by atoms with Crippen LogP contribution in [0.25, 0.3) is 0 Å². The van der Waals surface area contributed by atoms with Gasteiger partial charge in [-0.05, 0) is 32.4 Å². The van der Waals surface area contributed by atoms with E-state index in [1.165, 1.54) is 19.1 Å². The van der Waals surface area contributed by atoms with Crippen molar-refractivity contribution in [2.45, 2.75) is 51.9 Å². The average Bonchev–Trinajstić information content (AvgIpc) is 3.11. The summed E-state index contributed by atoms with van der Waals surface area (Å²) in [5, 5.41) is 0. The van der Waals surface area contributed by atoms with Crippen molar-refractivity contribution >= 4 is 23.7 Å². The lowest BCUT2D eigenvalue weighted by Crippen LogP contribution is -2.43. The summed E-state index contributed by atoms with van der Waals surface area (Å²) in [6.07, 6.45) is 2.90. The van der Waals surface area contributed by atoms with Crippen LogP contribution < -0.4 is 0 Å². The number of hydrogen-bond donors (Lipinski definition) is 0. The zero-order valence-corrected chi connectivity index (χ0v) is 17.4. The minimum atomic E-state index is -1.26. The van der Waals surface area contributed by atoms with Crippen molar-refractivity contribution in [1.82, 2.24) is 0 Å². The maximum absolute atomic E-state index is 12.8. The Kier molecular flexibility index (Phi) is 5.70. The van der Waals surface area contributed by atoms with Gasteiger partial charge in [0.15, 0.2) is 5.60 Å². The van der Waals surface area contributed by atoms with Gasteiger partial charge < -0.3 is 18.9 Å². The molecular weight excluding hydrogens is 392 g/mol. The predicted molar refractivity (Wildman–Crippen MR) is 104 cm³/mol. The van der Waals surface area contributed by atoms with Crippen LogP contribution in [-0.2, 0) is 38.1 Å². The highest BCUT2D eigenvalue weighted by atomic mass is 16.6. The molecule has 160 valence electrons. The fourth-order valence-corrected chi connectivity index (χ4v) is 3.72. The lowest BCUT2D eigenvalue weighted by molar-refractivity contribution is -0.154.